The van der Waals surface area contributed by atoms with E-state index in [9.17, 15) is 14.7 Å². The van der Waals surface area contributed by atoms with Gasteiger partial charge in [0.25, 0.3) is 11.8 Å². The van der Waals surface area contributed by atoms with E-state index in [4.69, 9.17) is 5.26 Å². The lowest BCUT2D eigenvalue weighted by molar-refractivity contribution is 0.0725. The van der Waals surface area contributed by atoms with Crippen LogP contribution < -0.4 is 5.32 Å². The number of hydrogen-bond acceptors (Lipinski definition) is 6. The summed E-state index contributed by atoms with van der Waals surface area (Å²) in [5.41, 5.74) is 2.92. The molecule has 2 amide bonds. The van der Waals surface area contributed by atoms with Gasteiger partial charge in [0.05, 0.1) is 18.2 Å². The Morgan fingerprint density at radius 1 is 1.33 bits per heavy atom. The molecule has 1 aromatic carbocycles. The van der Waals surface area contributed by atoms with Crippen LogP contribution in [-0.4, -0.2) is 60.8 Å². The Kier molecular flexibility index (Phi) is 6.25. The molecule has 2 heterocycles. The molecule has 2 aliphatic rings. The third-order valence-corrected chi connectivity index (χ3v) is 7.83. The van der Waals surface area contributed by atoms with E-state index < -0.39 is 0 Å². The van der Waals surface area contributed by atoms with Crippen LogP contribution in [0, 0.1) is 11.3 Å². The molecule has 0 saturated heterocycles. The minimum Gasteiger partial charge on any atom is -0.395 e. The summed E-state index contributed by atoms with van der Waals surface area (Å²) in [6.45, 7) is 5.66. The van der Waals surface area contributed by atoms with E-state index in [1.807, 2.05) is 18.7 Å². The molecule has 2 aromatic rings. The predicted octanol–water partition coefficient (Wildman–Crippen LogP) is 2.26. The fraction of sp³-hybridized carbons (Fsp3) is 0.500. The van der Waals surface area contributed by atoms with Gasteiger partial charge in [0.2, 0.25) is 0 Å². The molecular weight excluding hydrogens is 438 g/mol. The van der Waals surface area contributed by atoms with Crippen LogP contribution in [0.15, 0.2) is 24.3 Å². The van der Waals surface area contributed by atoms with Crippen LogP contribution in [0.2, 0.25) is 0 Å². The minimum atomic E-state index is -0.309. The van der Waals surface area contributed by atoms with E-state index in [0.717, 1.165) is 18.4 Å². The number of rotatable bonds is 8. The van der Waals surface area contributed by atoms with Gasteiger partial charge in [-0.05, 0) is 50.8 Å². The van der Waals surface area contributed by atoms with Crippen molar-refractivity contribution in [3.8, 4) is 6.07 Å². The summed E-state index contributed by atoms with van der Waals surface area (Å²) in [4.78, 5) is 28.0. The Hall–Kier alpha value is -2.83. The van der Waals surface area contributed by atoms with Gasteiger partial charge in [0, 0.05) is 41.7 Å². The van der Waals surface area contributed by atoms with E-state index in [-0.39, 0.29) is 27.9 Å². The van der Waals surface area contributed by atoms with Crippen LogP contribution in [0.1, 0.15) is 64.4 Å². The molecule has 174 valence electrons. The highest BCUT2D eigenvalue weighted by atomic mass is 32.2. The molecule has 1 aliphatic carbocycles. The number of nitrogens with zero attached hydrogens (tertiary/aromatic N) is 4. The van der Waals surface area contributed by atoms with E-state index in [1.165, 1.54) is 4.68 Å². The summed E-state index contributed by atoms with van der Waals surface area (Å²) in [5, 5.41) is 25.8. The van der Waals surface area contributed by atoms with Gasteiger partial charge in [-0.3, -0.25) is 14.3 Å². The van der Waals surface area contributed by atoms with Crippen LogP contribution in [0.25, 0.3) is 0 Å². The molecule has 0 radical (unpaired) electrons. The van der Waals surface area contributed by atoms with Crippen molar-refractivity contribution in [2.24, 2.45) is 7.05 Å². The number of aliphatic hydroxyl groups excluding tert-OH is 1. The number of nitrogens with one attached hydrogen (secondary N) is 1. The van der Waals surface area contributed by atoms with Crippen LogP contribution in [0.3, 0.4) is 0 Å². The summed E-state index contributed by atoms with van der Waals surface area (Å²) in [5.74, 6) is -0.401. The molecule has 0 atom stereocenters. The van der Waals surface area contributed by atoms with Gasteiger partial charge in [-0.15, -0.1) is 11.8 Å². The van der Waals surface area contributed by atoms with E-state index in [1.54, 1.807) is 43.1 Å². The second-order valence-electron chi connectivity index (χ2n) is 9.47. The van der Waals surface area contributed by atoms with Gasteiger partial charge in [0.15, 0.2) is 5.69 Å². The molecule has 9 heteroatoms. The average molecular weight is 468 g/mol. The number of fused-ring (bicyclic) bond motifs is 1. The molecule has 8 nitrogen and oxygen atoms in total. The molecule has 0 spiro atoms. The van der Waals surface area contributed by atoms with Gasteiger partial charge in [-0.1, -0.05) is 12.1 Å². The van der Waals surface area contributed by atoms with E-state index >= 15 is 0 Å². The van der Waals surface area contributed by atoms with Crippen molar-refractivity contribution >= 4 is 23.6 Å². The Morgan fingerprint density at radius 3 is 2.64 bits per heavy atom. The summed E-state index contributed by atoms with van der Waals surface area (Å²) >= 11 is 1.77. The maximum Gasteiger partial charge on any atom is 0.272 e. The van der Waals surface area contributed by atoms with Crippen molar-refractivity contribution < 1.29 is 14.7 Å². The SMILES string of the molecule is Cn1nc(C(=O)NCc2ccc(C#N)cc2)c2c1C(=O)N(CC1(SC(C)(C)CO)CC1)CC2. The van der Waals surface area contributed by atoms with Gasteiger partial charge in [-0.2, -0.15) is 10.4 Å². The van der Waals surface area contributed by atoms with Gasteiger partial charge in [0.1, 0.15) is 5.69 Å². The first-order valence-corrected chi connectivity index (χ1v) is 11.9. The van der Waals surface area contributed by atoms with Crippen molar-refractivity contribution in [2.45, 2.75) is 49.1 Å². The first-order chi connectivity index (χ1) is 15.7. The lowest BCUT2D eigenvalue weighted by Gasteiger charge is -2.34. The normalized spacial score (nSPS) is 16.8. The highest BCUT2D eigenvalue weighted by Gasteiger charge is 2.49. The molecule has 0 unspecified atom stereocenters. The third kappa shape index (κ3) is 4.92. The molecule has 1 aromatic heterocycles. The average Bonchev–Trinajstić information content (AvgIpc) is 3.45. The summed E-state index contributed by atoms with van der Waals surface area (Å²) in [6, 6.07) is 9.10. The Morgan fingerprint density at radius 2 is 2.03 bits per heavy atom. The van der Waals surface area contributed by atoms with Crippen molar-refractivity contribution in [1.82, 2.24) is 20.0 Å². The number of aliphatic hydroxyl groups is 1. The molecule has 1 fully saturated rings. The highest BCUT2D eigenvalue weighted by Crippen LogP contribution is 2.54. The van der Waals surface area contributed by atoms with Gasteiger partial charge >= 0.3 is 0 Å². The van der Waals surface area contributed by atoms with Crippen LogP contribution in [0.4, 0.5) is 0 Å². The fourth-order valence-corrected chi connectivity index (χ4v) is 6.03. The molecule has 1 saturated carbocycles. The molecule has 4 rings (SSSR count). The molecule has 2 N–H and O–H groups in total. The van der Waals surface area contributed by atoms with Gasteiger partial charge in [-0.25, -0.2) is 0 Å². The van der Waals surface area contributed by atoms with Crippen molar-refractivity contribution in [3.05, 3.63) is 52.3 Å². The lowest BCUT2D eigenvalue weighted by Crippen LogP contribution is -2.44. The second-order valence-corrected chi connectivity index (χ2v) is 11.6. The zero-order chi connectivity index (χ0) is 23.8. The number of amides is 2. The lowest BCUT2D eigenvalue weighted by atomic mass is 10.0. The van der Waals surface area contributed by atoms with Crippen LogP contribution >= 0.6 is 11.8 Å². The number of hydrogen-bond donors (Lipinski definition) is 2. The largest absolute Gasteiger partial charge is 0.395 e. The Labute approximate surface area is 198 Å². The topological polar surface area (TPSA) is 111 Å². The third-order valence-electron chi connectivity index (χ3n) is 6.18. The summed E-state index contributed by atoms with van der Waals surface area (Å²) < 4.78 is 1.28. The molecule has 33 heavy (non-hydrogen) atoms. The van der Waals surface area contributed by atoms with Crippen LogP contribution in [0.5, 0.6) is 0 Å². The Balaban J connectivity index is 1.44. The number of carbonyl (C=O) groups excluding carboxylic acids is 2. The quantitative estimate of drug-likeness (QED) is 0.616. The minimum absolute atomic E-state index is 0.000708. The summed E-state index contributed by atoms with van der Waals surface area (Å²) in [7, 11) is 1.70. The zero-order valence-corrected chi connectivity index (χ0v) is 20.0. The molecule has 1 aliphatic heterocycles. The van der Waals surface area contributed by atoms with Crippen molar-refractivity contribution in [3.63, 3.8) is 0 Å². The first kappa shape index (κ1) is 23.3. The van der Waals surface area contributed by atoms with E-state index in [0.29, 0.717) is 48.6 Å². The number of thioether (sulfide) groups is 1. The maximum atomic E-state index is 13.3. The Bertz CT molecular complexity index is 1110. The van der Waals surface area contributed by atoms with Crippen LogP contribution in [-0.2, 0) is 20.0 Å². The number of benzene rings is 1. The van der Waals surface area contributed by atoms with Crippen molar-refractivity contribution in [2.75, 3.05) is 19.7 Å². The maximum absolute atomic E-state index is 13.3. The smallest absolute Gasteiger partial charge is 0.272 e. The predicted molar refractivity (Wildman–Crippen MR) is 126 cm³/mol. The monoisotopic (exact) mass is 467 g/mol. The number of nitriles is 1. The fourth-order valence-electron chi connectivity index (χ4n) is 4.26. The number of aromatic nitrogens is 2. The first-order valence-electron chi connectivity index (χ1n) is 11.1. The van der Waals surface area contributed by atoms with Crippen molar-refractivity contribution in [1.29, 1.82) is 5.26 Å². The summed E-state index contributed by atoms with van der Waals surface area (Å²) in [6.07, 6.45) is 2.65. The highest BCUT2D eigenvalue weighted by molar-refractivity contribution is 8.02. The zero-order valence-electron chi connectivity index (χ0n) is 19.2. The number of carbonyl (C=O) groups is 2. The van der Waals surface area contributed by atoms with Gasteiger partial charge < -0.3 is 15.3 Å². The molecular formula is C24H29N5O3S. The molecule has 0 bridgehead atoms. The standard InChI is InChI=1S/C24H29N5O3S/c1-23(2,15-30)33-24(9-10-24)14-29-11-8-18-19(27-28(3)20(18)22(29)32)21(31)26-13-17-6-4-16(12-25)5-7-17/h4-7,30H,8-11,13-15H2,1-3H3,(H,26,31). The van der Waals surface area contributed by atoms with E-state index in [2.05, 4.69) is 16.5 Å². The number of aryl methyl sites for hydroxylation is 1. The second kappa shape index (κ2) is 8.84.